The molecule has 0 spiro atoms. The fraction of sp³-hybridized carbons (Fsp3) is 0.158. The van der Waals surface area contributed by atoms with Gasteiger partial charge in [0.1, 0.15) is 17.8 Å². The number of hydrogen-bond donors (Lipinski definition) is 2. The van der Waals surface area contributed by atoms with Crippen molar-refractivity contribution >= 4 is 35.2 Å². The molecule has 0 saturated carbocycles. The van der Waals surface area contributed by atoms with Gasteiger partial charge in [-0.1, -0.05) is 6.07 Å². The first-order chi connectivity index (χ1) is 13.4. The second kappa shape index (κ2) is 10.1. The fourth-order valence-corrected chi connectivity index (χ4v) is 2.64. The summed E-state index contributed by atoms with van der Waals surface area (Å²) in [6.07, 6.45) is 0. The highest BCUT2D eigenvalue weighted by molar-refractivity contribution is 8.03. The van der Waals surface area contributed by atoms with Gasteiger partial charge < -0.3 is 15.4 Å². The monoisotopic (exact) mass is 401 g/mol. The van der Waals surface area contributed by atoms with Crippen LogP contribution in [-0.4, -0.2) is 30.9 Å². The first-order valence-electron chi connectivity index (χ1n) is 8.05. The molecule has 28 heavy (non-hydrogen) atoms. The summed E-state index contributed by atoms with van der Waals surface area (Å²) >= 11 is 1.01. The van der Waals surface area contributed by atoms with E-state index in [1.165, 1.54) is 18.2 Å². The van der Waals surface area contributed by atoms with Crippen LogP contribution in [0.5, 0.6) is 0 Å². The Kier molecular flexibility index (Phi) is 7.54. The number of halogens is 1. The van der Waals surface area contributed by atoms with Gasteiger partial charge in [-0.05, 0) is 60.6 Å². The summed E-state index contributed by atoms with van der Waals surface area (Å²) in [5, 5.41) is 15.5. The molecule has 0 aromatic heterocycles. The number of anilines is 1. The minimum absolute atomic E-state index is 0.0685. The number of nitrogens with one attached hydrogen (secondary N) is 2. The highest BCUT2D eigenvalue weighted by atomic mass is 32.2. The van der Waals surface area contributed by atoms with Crippen LogP contribution in [0.1, 0.15) is 15.9 Å². The van der Waals surface area contributed by atoms with Crippen LogP contribution in [0.15, 0.2) is 47.4 Å². The summed E-state index contributed by atoms with van der Waals surface area (Å²) in [4.78, 5) is 36.1. The molecule has 0 radical (unpaired) electrons. The highest BCUT2D eigenvalue weighted by Crippen LogP contribution is 2.23. The van der Waals surface area contributed by atoms with E-state index in [0.717, 1.165) is 28.3 Å². The number of rotatable bonds is 7. The second-order valence-corrected chi connectivity index (χ2v) is 6.43. The molecule has 0 fully saturated rings. The minimum atomic E-state index is -0.808. The van der Waals surface area contributed by atoms with Crippen LogP contribution in [0.3, 0.4) is 0 Å². The number of thiocyanates is 1. The molecule has 144 valence electrons. The summed E-state index contributed by atoms with van der Waals surface area (Å²) in [5.41, 5.74) is 1.35. The molecule has 0 atom stereocenters. The van der Waals surface area contributed by atoms with Crippen LogP contribution in [0.25, 0.3) is 0 Å². The predicted octanol–water partition coefficient (Wildman–Crippen LogP) is 2.62. The maximum Gasteiger partial charge on any atom is 0.325 e. The van der Waals surface area contributed by atoms with Crippen molar-refractivity contribution in [1.82, 2.24) is 5.32 Å². The predicted molar refractivity (Wildman–Crippen MR) is 101 cm³/mol. The van der Waals surface area contributed by atoms with Crippen molar-refractivity contribution in [3.05, 3.63) is 59.4 Å². The third-order valence-corrected chi connectivity index (χ3v) is 4.06. The molecule has 0 aliphatic carbocycles. The van der Waals surface area contributed by atoms with E-state index in [2.05, 4.69) is 10.6 Å². The van der Waals surface area contributed by atoms with Gasteiger partial charge in [-0.25, -0.2) is 4.39 Å². The van der Waals surface area contributed by atoms with E-state index in [4.69, 9.17) is 10.00 Å². The van der Waals surface area contributed by atoms with Gasteiger partial charge in [0, 0.05) is 16.1 Å². The molecule has 0 heterocycles. The number of aryl methyl sites for hydroxylation is 1. The van der Waals surface area contributed by atoms with Gasteiger partial charge in [0.05, 0.1) is 0 Å². The SMILES string of the molecule is Cc1cc(SC#N)ccc1NC(=O)COC(=O)CNC(=O)c1cccc(F)c1. The zero-order chi connectivity index (χ0) is 20.5. The van der Waals surface area contributed by atoms with E-state index in [1.807, 2.05) is 5.40 Å². The minimum Gasteiger partial charge on any atom is -0.454 e. The van der Waals surface area contributed by atoms with Crippen molar-refractivity contribution in [2.24, 2.45) is 0 Å². The summed E-state index contributed by atoms with van der Waals surface area (Å²) in [6, 6.07) is 10.1. The van der Waals surface area contributed by atoms with Crippen molar-refractivity contribution in [2.45, 2.75) is 11.8 Å². The van der Waals surface area contributed by atoms with Crippen LogP contribution in [0.4, 0.5) is 10.1 Å². The third kappa shape index (κ3) is 6.41. The number of ether oxygens (including phenoxy) is 1. The lowest BCUT2D eigenvalue weighted by Crippen LogP contribution is -2.32. The van der Waals surface area contributed by atoms with Crippen LogP contribution < -0.4 is 10.6 Å². The Labute approximate surface area is 164 Å². The zero-order valence-corrected chi connectivity index (χ0v) is 15.6. The maximum atomic E-state index is 13.1. The van der Waals surface area contributed by atoms with E-state index >= 15 is 0 Å². The van der Waals surface area contributed by atoms with Crippen molar-refractivity contribution < 1.29 is 23.5 Å². The summed E-state index contributed by atoms with van der Waals surface area (Å²) < 4.78 is 17.9. The van der Waals surface area contributed by atoms with Crippen molar-refractivity contribution in [1.29, 1.82) is 5.26 Å². The molecule has 0 aliphatic rings. The number of carbonyl (C=O) groups excluding carboxylic acids is 3. The Morgan fingerprint density at radius 2 is 2.00 bits per heavy atom. The lowest BCUT2D eigenvalue weighted by atomic mass is 10.2. The quantitative estimate of drug-likeness (QED) is 0.419. The van der Waals surface area contributed by atoms with Crippen LogP contribution in [0.2, 0.25) is 0 Å². The van der Waals surface area contributed by atoms with E-state index in [-0.39, 0.29) is 5.56 Å². The molecule has 7 nitrogen and oxygen atoms in total. The van der Waals surface area contributed by atoms with Crippen molar-refractivity contribution in [3.8, 4) is 5.40 Å². The zero-order valence-electron chi connectivity index (χ0n) is 14.8. The Hall–Kier alpha value is -3.38. The smallest absolute Gasteiger partial charge is 0.325 e. The Bertz CT molecular complexity index is 943. The molecule has 9 heteroatoms. The normalized spacial score (nSPS) is 9.89. The number of amides is 2. The highest BCUT2D eigenvalue weighted by Gasteiger charge is 2.12. The average Bonchev–Trinajstić information content (AvgIpc) is 2.67. The van der Waals surface area contributed by atoms with Crippen LogP contribution in [-0.2, 0) is 14.3 Å². The van der Waals surface area contributed by atoms with Crippen LogP contribution >= 0.6 is 11.8 Å². The number of thioether (sulfide) groups is 1. The summed E-state index contributed by atoms with van der Waals surface area (Å²) in [6.45, 7) is 0.787. The summed E-state index contributed by atoms with van der Waals surface area (Å²) in [5.74, 6) is -2.56. The molecule has 0 bridgehead atoms. The Morgan fingerprint density at radius 1 is 1.21 bits per heavy atom. The second-order valence-electron chi connectivity index (χ2n) is 5.57. The molecule has 2 aromatic rings. The van der Waals surface area contributed by atoms with E-state index in [1.54, 1.807) is 25.1 Å². The van der Waals surface area contributed by atoms with E-state index in [0.29, 0.717) is 5.69 Å². The van der Waals surface area contributed by atoms with Crippen molar-refractivity contribution in [2.75, 3.05) is 18.5 Å². The van der Waals surface area contributed by atoms with Gasteiger partial charge >= 0.3 is 5.97 Å². The first-order valence-corrected chi connectivity index (χ1v) is 8.86. The number of benzene rings is 2. The van der Waals surface area contributed by atoms with E-state index < -0.39 is 36.8 Å². The standard InChI is InChI=1S/C19H16FN3O4S/c1-12-7-15(28-11-21)5-6-16(12)23-17(24)10-27-18(25)9-22-19(26)13-3-2-4-14(20)8-13/h2-8H,9-10H2,1H3,(H,22,26)(H,23,24). The Morgan fingerprint density at radius 3 is 2.68 bits per heavy atom. The molecule has 2 rings (SSSR count). The molecule has 0 saturated heterocycles. The largest absolute Gasteiger partial charge is 0.454 e. The van der Waals surface area contributed by atoms with Gasteiger partial charge in [0.25, 0.3) is 11.8 Å². The molecule has 0 unspecified atom stereocenters. The number of nitrogens with zero attached hydrogens (tertiary/aromatic N) is 1. The van der Waals surface area contributed by atoms with Gasteiger partial charge in [0.15, 0.2) is 6.61 Å². The molecule has 2 N–H and O–H groups in total. The molecule has 0 aliphatic heterocycles. The first kappa shape index (κ1) is 20.9. The number of esters is 1. The third-order valence-electron chi connectivity index (χ3n) is 3.48. The fourth-order valence-electron chi connectivity index (χ4n) is 2.16. The van der Waals surface area contributed by atoms with E-state index in [9.17, 15) is 18.8 Å². The van der Waals surface area contributed by atoms with Gasteiger partial charge in [0.2, 0.25) is 0 Å². The lowest BCUT2D eigenvalue weighted by Gasteiger charge is -2.10. The van der Waals surface area contributed by atoms with Crippen LogP contribution in [0, 0.1) is 23.4 Å². The maximum absolute atomic E-state index is 13.1. The summed E-state index contributed by atoms with van der Waals surface area (Å²) in [7, 11) is 0. The van der Waals surface area contributed by atoms with Gasteiger partial charge in [-0.2, -0.15) is 5.26 Å². The topological polar surface area (TPSA) is 108 Å². The van der Waals surface area contributed by atoms with Gasteiger partial charge in [-0.15, -0.1) is 0 Å². The average molecular weight is 401 g/mol. The van der Waals surface area contributed by atoms with Gasteiger partial charge in [-0.3, -0.25) is 14.4 Å². The molecular weight excluding hydrogens is 385 g/mol. The lowest BCUT2D eigenvalue weighted by molar-refractivity contribution is -0.146. The number of nitriles is 1. The molecular formula is C19H16FN3O4S. The van der Waals surface area contributed by atoms with Crippen molar-refractivity contribution in [3.63, 3.8) is 0 Å². The number of carbonyl (C=O) groups is 3. The number of hydrogen-bond acceptors (Lipinski definition) is 6. The molecule has 2 amide bonds. The Balaban J connectivity index is 1.77. The molecule has 2 aromatic carbocycles.